The van der Waals surface area contributed by atoms with Crippen molar-refractivity contribution in [1.29, 1.82) is 0 Å². The highest BCUT2D eigenvalue weighted by Crippen LogP contribution is 2.37. The number of fused-ring (bicyclic) bond motifs is 1. The van der Waals surface area contributed by atoms with Gasteiger partial charge in [-0.3, -0.25) is 9.69 Å². The first-order valence-corrected chi connectivity index (χ1v) is 9.69. The number of ether oxygens (including phenoxy) is 1. The maximum Gasteiger partial charge on any atom is 0.255 e. The Morgan fingerprint density at radius 3 is 2.85 bits per heavy atom. The topological polar surface area (TPSA) is 59.4 Å². The van der Waals surface area contributed by atoms with Crippen LogP contribution in [0, 0.1) is 6.92 Å². The van der Waals surface area contributed by atoms with Gasteiger partial charge in [0, 0.05) is 25.8 Å². The molecule has 2 aromatic rings. The number of benzene rings is 1. The summed E-state index contributed by atoms with van der Waals surface area (Å²) in [5.74, 6) is 0.691. The maximum absolute atomic E-state index is 12.5. The van der Waals surface area contributed by atoms with Gasteiger partial charge in [0.1, 0.15) is 11.4 Å². The van der Waals surface area contributed by atoms with E-state index in [1.165, 1.54) is 0 Å². The minimum Gasteiger partial charge on any atom is -0.485 e. The first kappa shape index (κ1) is 18.0. The highest BCUT2D eigenvalue weighted by molar-refractivity contribution is 5.97. The maximum atomic E-state index is 12.5. The minimum absolute atomic E-state index is 0.0278. The van der Waals surface area contributed by atoms with E-state index in [0.29, 0.717) is 18.2 Å². The molecule has 4 rings (SSSR count). The fourth-order valence-corrected chi connectivity index (χ4v) is 4.30. The van der Waals surface area contributed by atoms with Crippen molar-refractivity contribution in [3.05, 3.63) is 47.5 Å². The van der Waals surface area contributed by atoms with E-state index in [1.54, 1.807) is 0 Å². The monoisotopic (exact) mass is 368 g/mol. The van der Waals surface area contributed by atoms with Crippen LogP contribution in [0.1, 0.15) is 47.3 Å². The van der Waals surface area contributed by atoms with Crippen LogP contribution in [-0.4, -0.2) is 45.6 Å². The normalized spacial score (nSPS) is 25.0. The Bertz CT molecular complexity index is 836. The van der Waals surface area contributed by atoms with Gasteiger partial charge in [0.05, 0.1) is 24.1 Å². The SMILES string of the molecule is Cc1ccc2c(c1)C(=O)NCC1(CCC(N(C)Cc3cn(C)cn3)CC1)O2. The van der Waals surface area contributed by atoms with Gasteiger partial charge in [0.2, 0.25) is 0 Å². The third-order valence-corrected chi connectivity index (χ3v) is 5.94. The molecule has 2 aliphatic rings. The van der Waals surface area contributed by atoms with Crippen molar-refractivity contribution >= 4 is 5.91 Å². The highest BCUT2D eigenvalue weighted by Gasteiger charge is 2.41. The molecule has 6 heteroatoms. The molecule has 1 spiro atoms. The van der Waals surface area contributed by atoms with Gasteiger partial charge in [-0.1, -0.05) is 11.6 Å². The van der Waals surface area contributed by atoms with Crippen LogP contribution in [0.2, 0.25) is 0 Å². The van der Waals surface area contributed by atoms with Crippen LogP contribution >= 0.6 is 0 Å². The molecule has 1 amide bonds. The second-order valence-corrected chi connectivity index (χ2v) is 8.14. The Morgan fingerprint density at radius 2 is 2.15 bits per heavy atom. The molecule has 144 valence electrons. The van der Waals surface area contributed by atoms with Gasteiger partial charge in [0.25, 0.3) is 5.91 Å². The van der Waals surface area contributed by atoms with E-state index in [4.69, 9.17) is 4.74 Å². The average molecular weight is 368 g/mol. The lowest BCUT2D eigenvalue weighted by molar-refractivity contribution is 0.00869. The zero-order chi connectivity index (χ0) is 19.0. The van der Waals surface area contributed by atoms with E-state index in [9.17, 15) is 4.79 Å². The number of carbonyl (C=O) groups excluding carboxylic acids is 1. The van der Waals surface area contributed by atoms with Gasteiger partial charge in [-0.15, -0.1) is 0 Å². The second kappa shape index (κ2) is 7.00. The minimum atomic E-state index is -0.293. The van der Waals surface area contributed by atoms with Crippen LogP contribution in [0.5, 0.6) is 5.75 Å². The largest absolute Gasteiger partial charge is 0.485 e. The Kier molecular flexibility index (Phi) is 4.68. The van der Waals surface area contributed by atoms with E-state index in [-0.39, 0.29) is 11.5 Å². The molecule has 1 saturated carbocycles. The predicted octanol–water partition coefficient (Wildman–Crippen LogP) is 2.66. The van der Waals surface area contributed by atoms with Gasteiger partial charge in [-0.2, -0.15) is 0 Å². The number of rotatable bonds is 3. The summed E-state index contributed by atoms with van der Waals surface area (Å²) in [5, 5.41) is 3.08. The standard InChI is InChI=1S/C21H28N4O2/c1-15-4-5-19-18(10-15)20(26)22-13-21(27-19)8-6-17(7-9-21)25(3)12-16-11-24(2)14-23-16/h4-5,10-11,14,17H,6-9,12-13H2,1-3H3,(H,22,26). The summed E-state index contributed by atoms with van der Waals surface area (Å²) in [6.45, 7) is 3.44. The highest BCUT2D eigenvalue weighted by atomic mass is 16.5. The summed E-state index contributed by atoms with van der Waals surface area (Å²) < 4.78 is 8.43. The summed E-state index contributed by atoms with van der Waals surface area (Å²) in [6.07, 6.45) is 7.92. The van der Waals surface area contributed by atoms with Crippen molar-refractivity contribution in [2.45, 2.75) is 50.8 Å². The lowest BCUT2D eigenvalue weighted by Crippen LogP contribution is -2.50. The first-order valence-electron chi connectivity index (χ1n) is 9.69. The van der Waals surface area contributed by atoms with Gasteiger partial charge in [0.15, 0.2) is 0 Å². The van der Waals surface area contributed by atoms with Crippen LogP contribution in [-0.2, 0) is 13.6 Å². The van der Waals surface area contributed by atoms with Crippen molar-refractivity contribution in [1.82, 2.24) is 19.8 Å². The fraction of sp³-hybridized carbons (Fsp3) is 0.524. The molecule has 27 heavy (non-hydrogen) atoms. The summed E-state index contributed by atoms with van der Waals surface area (Å²) in [4.78, 5) is 19.3. The molecule has 1 aliphatic heterocycles. The Labute approximate surface area is 160 Å². The van der Waals surface area contributed by atoms with Gasteiger partial charge in [-0.25, -0.2) is 4.98 Å². The second-order valence-electron chi connectivity index (χ2n) is 8.14. The molecular weight excluding hydrogens is 340 g/mol. The van der Waals surface area contributed by atoms with Gasteiger partial charge >= 0.3 is 0 Å². The first-order chi connectivity index (χ1) is 12.9. The van der Waals surface area contributed by atoms with E-state index in [1.807, 2.05) is 43.1 Å². The molecule has 1 aromatic carbocycles. The van der Waals surface area contributed by atoms with E-state index < -0.39 is 0 Å². The number of aromatic nitrogens is 2. The number of carbonyl (C=O) groups is 1. The number of nitrogens with one attached hydrogen (secondary N) is 1. The number of imidazole rings is 1. The number of hydrogen-bond acceptors (Lipinski definition) is 4. The third-order valence-electron chi connectivity index (χ3n) is 5.94. The predicted molar refractivity (Wildman–Crippen MR) is 104 cm³/mol. The number of aryl methyl sites for hydroxylation is 2. The molecule has 0 bridgehead atoms. The van der Waals surface area contributed by atoms with E-state index in [0.717, 1.165) is 49.2 Å². The van der Waals surface area contributed by atoms with Crippen LogP contribution in [0.3, 0.4) is 0 Å². The Hall–Kier alpha value is -2.34. The summed E-state index contributed by atoms with van der Waals surface area (Å²) in [6, 6.07) is 6.38. The molecule has 2 heterocycles. The Balaban J connectivity index is 1.43. The van der Waals surface area contributed by atoms with Crippen LogP contribution < -0.4 is 10.1 Å². The molecule has 6 nitrogen and oxygen atoms in total. The van der Waals surface area contributed by atoms with Crippen LogP contribution in [0.15, 0.2) is 30.7 Å². The van der Waals surface area contributed by atoms with Crippen molar-refractivity contribution in [2.75, 3.05) is 13.6 Å². The van der Waals surface area contributed by atoms with Crippen molar-refractivity contribution in [3.8, 4) is 5.75 Å². The number of nitrogens with zero attached hydrogens (tertiary/aromatic N) is 3. The molecule has 0 radical (unpaired) electrons. The molecule has 1 aromatic heterocycles. The fourth-order valence-electron chi connectivity index (χ4n) is 4.30. The van der Waals surface area contributed by atoms with Crippen LogP contribution in [0.25, 0.3) is 0 Å². The number of amides is 1. The van der Waals surface area contributed by atoms with Crippen molar-refractivity contribution in [2.24, 2.45) is 7.05 Å². The number of hydrogen-bond donors (Lipinski definition) is 1. The molecule has 0 unspecified atom stereocenters. The molecule has 0 atom stereocenters. The lowest BCUT2D eigenvalue weighted by Gasteiger charge is -2.42. The lowest BCUT2D eigenvalue weighted by atomic mass is 9.81. The van der Waals surface area contributed by atoms with E-state index >= 15 is 0 Å². The summed E-state index contributed by atoms with van der Waals surface area (Å²) in [5.41, 5.74) is 2.53. The van der Waals surface area contributed by atoms with Crippen LogP contribution in [0.4, 0.5) is 0 Å². The van der Waals surface area contributed by atoms with Gasteiger partial charge in [-0.05, 0) is 51.8 Å². The molecule has 1 N–H and O–H groups in total. The Morgan fingerprint density at radius 1 is 1.37 bits per heavy atom. The zero-order valence-electron chi connectivity index (χ0n) is 16.4. The molecular formula is C21H28N4O2. The van der Waals surface area contributed by atoms with Gasteiger partial charge < -0.3 is 14.6 Å². The molecule has 1 aliphatic carbocycles. The summed E-state index contributed by atoms with van der Waals surface area (Å²) >= 11 is 0. The van der Waals surface area contributed by atoms with E-state index in [2.05, 4.69) is 28.4 Å². The summed E-state index contributed by atoms with van der Waals surface area (Å²) in [7, 11) is 4.17. The average Bonchev–Trinajstić information content (AvgIpc) is 3.01. The quantitative estimate of drug-likeness (QED) is 0.905. The zero-order valence-corrected chi connectivity index (χ0v) is 16.4. The molecule has 0 saturated heterocycles. The molecule has 1 fully saturated rings. The van der Waals surface area contributed by atoms with Crippen molar-refractivity contribution in [3.63, 3.8) is 0 Å². The van der Waals surface area contributed by atoms with Crippen molar-refractivity contribution < 1.29 is 9.53 Å². The third kappa shape index (κ3) is 3.72. The smallest absolute Gasteiger partial charge is 0.255 e.